The normalized spacial score (nSPS) is 14.7. The summed E-state index contributed by atoms with van der Waals surface area (Å²) in [5.41, 5.74) is 4.82. The van der Waals surface area contributed by atoms with Crippen LogP contribution in [0.4, 0.5) is 11.4 Å². The summed E-state index contributed by atoms with van der Waals surface area (Å²) in [5, 5.41) is 19.4. The van der Waals surface area contributed by atoms with Crippen molar-refractivity contribution in [2.45, 2.75) is 26.2 Å². The molecule has 1 unspecified atom stereocenters. The molecule has 0 bridgehead atoms. The van der Waals surface area contributed by atoms with E-state index in [1.807, 2.05) is 19.1 Å². The molecule has 0 aromatic heterocycles. The van der Waals surface area contributed by atoms with Crippen LogP contribution < -0.4 is 4.90 Å². The number of rotatable bonds is 3. The van der Waals surface area contributed by atoms with Crippen LogP contribution in [0.3, 0.4) is 0 Å². The highest BCUT2D eigenvalue weighted by Gasteiger charge is 2.24. The molecular formula is C18H19NO3. The first-order chi connectivity index (χ1) is 10.5. The molecule has 3 rings (SSSR count). The summed E-state index contributed by atoms with van der Waals surface area (Å²) >= 11 is 0. The summed E-state index contributed by atoms with van der Waals surface area (Å²) in [6.07, 6.45) is 0.976. The van der Waals surface area contributed by atoms with Crippen molar-refractivity contribution in [1.29, 1.82) is 0 Å². The largest absolute Gasteiger partial charge is 0.508 e. The van der Waals surface area contributed by atoms with Crippen LogP contribution >= 0.6 is 0 Å². The van der Waals surface area contributed by atoms with Crippen molar-refractivity contribution < 1.29 is 15.0 Å². The molecule has 0 aliphatic carbocycles. The third-order valence-corrected chi connectivity index (χ3v) is 4.36. The fourth-order valence-corrected chi connectivity index (χ4v) is 3.07. The molecule has 22 heavy (non-hydrogen) atoms. The average molecular weight is 297 g/mol. The van der Waals surface area contributed by atoms with Gasteiger partial charge in [-0.25, -0.2) is 0 Å². The van der Waals surface area contributed by atoms with Crippen molar-refractivity contribution >= 4 is 17.3 Å². The van der Waals surface area contributed by atoms with E-state index in [9.17, 15) is 9.90 Å². The van der Waals surface area contributed by atoms with E-state index in [1.54, 1.807) is 19.1 Å². The van der Waals surface area contributed by atoms with E-state index >= 15 is 0 Å². The SMILES string of the molecule is Cc1cc(C(C)C(=O)O)c(O)cc1N1CCc2ccccc21. The summed E-state index contributed by atoms with van der Waals surface area (Å²) in [5.74, 6) is -1.62. The summed E-state index contributed by atoms with van der Waals surface area (Å²) < 4.78 is 0. The second-order valence-electron chi connectivity index (χ2n) is 5.79. The van der Waals surface area contributed by atoms with E-state index in [0.29, 0.717) is 5.56 Å². The number of para-hydroxylation sites is 1. The number of nitrogens with zero attached hydrogens (tertiary/aromatic N) is 1. The standard InChI is InChI=1S/C18H19NO3/c1-11-9-14(12(2)18(21)22)17(20)10-16(11)19-8-7-13-5-3-4-6-15(13)19/h3-6,9-10,12,20H,7-8H2,1-2H3,(H,21,22). The fraction of sp³-hybridized carbons (Fsp3) is 0.278. The molecular weight excluding hydrogens is 278 g/mol. The molecule has 0 saturated heterocycles. The minimum atomic E-state index is -0.936. The van der Waals surface area contributed by atoms with Crippen LogP contribution in [0.15, 0.2) is 36.4 Å². The summed E-state index contributed by atoms with van der Waals surface area (Å²) in [6, 6.07) is 11.7. The summed E-state index contributed by atoms with van der Waals surface area (Å²) in [6.45, 7) is 4.41. The van der Waals surface area contributed by atoms with Gasteiger partial charge in [0.05, 0.1) is 5.92 Å². The summed E-state index contributed by atoms with van der Waals surface area (Å²) in [7, 11) is 0. The molecule has 2 aromatic rings. The minimum Gasteiger partial charge on any atom is -0.508 e. The van der Waals surface area contributed by atoms with Gasteiger partial charge in [-0.05, 0) is 43.5 Å². The van der Waals surface area contributed by atoms with Crippen LogP contribution in [0.1, 0.15) is 29.5 Å². The second-order valence-corrected chi connectivity index (χ2v) is 5.79. The Morgan fingerprint density at radius 1 is 1.23 bits per heavy atom. The molecule has 0 amide bonds. The predicted molar refractivity (Wildman–Crippen MR) is 86.0 cm³/mol. The van der Waals surface area contributed by atoms with Crippen molar-refractivity contribution in [3.63, 3.8) is 0 Å². The highest BCUT2D eigenvalue weighted by Crippen LogP contribution is 2.39. The van der Waals surface area contributed by atoms with Gasteiger partial charge in [0.2, 0.25) is 0 Å². The molecule has 0 fully saturated rings. The molecule has 1 heterocycles. The van der Waals surface area contributed by atoms with Gasteiger partial charge in [-0.3, -0.25) is 4.79 Å². The van der Waals surface area contributed by atoms with Gasteiger partial charge in [0.1, 0.15) is 5.75 Å². The lowest BCUT2D eigenvalue weighted by molar-refractivity contribution is -0.138. The van der Waals surface area contributed by atoms with Crippen LogP contribution in [-0.2, 0) is 11.2 Å². The number of phenols is 1. The van der Waals surface area contributed by atoms with Gasteiger partial charge in [-0.15, -0.1) is 0 Å². The first-order valence-electron chi connectivity index (χ1n) is 7.41. The van der Waals surface area contributed by atoms with Crippen LogP contribution in [0.5, 0.6) is 5.75 Å². The van der Waals surface area contributed by atoms with Crippen molar-refractivity contribution in [2.75, 3.05) is 11.4 Å². The van der Waals surface area contributed by atoms with Gasteiger partial charge >= 0.3 is 5.97 Å². The monoisotopic (exact) mass is 297 g/mol. The Bertz CT molecular complexity index is 739. The highest BCUT2D eigenvalue weighted by atomic mass is 16.4. The molecule has 114 valence electrons. The van der Waals surface area contributed by atoms with Gasteiger partial charge in [-0.2, -0.15) is 0 Å². The maximum Gasteiger partial charge on any atom is 0.310 e. The maximum atomic E-state index is 11.1. The van der Waals surface area contributed by atoms with Gasteiger partial charge in [0.15, 0.2) is 0 Å². The number of hydrogen-bond donors (Lipinski definition) is 2. The molecule has 4 nitrogen and oxygen atoms in total. The Balaban J connectivity index is 2.04. The zero-order valence-electron chi connectivity index (χ0n) is 12.7. The molecule has 2 aromatic carbocycles. The van der Waals surface area contributed by atoms with Crippen molar-refractivity contribution in [3.05, 3.63) is 53.1 Å². The number of anilines is 2. The van der Waals surface area contributed by atoms with E-state index in [1.165, 1.54) is 5.56 Å². The smallest absolute Gasteiger partial charge is 0.310 e. The third-order valence-electron chi connectivity index (χ3n) is 4.36. The molecule has 1 aliphatic rings. The molecule has 0 spiro atoms. The zero-order chi connectivity index (χ0) is 15.9. The topological polar surface area (TPSA) is 60.8 Å². The number of phenolic OH excluding ortho intramolecular Hbond substituents is 1. The van der Waals surface area contributed by atoms with E-state index in [0.717, 1.165) is 29.9 Å². The number of carboxylic acid groups (broad SMARTS) is 1. The number of aromatic hydroxyl groups is 1. The third kappa shape index (κ3) is 2.30. The predicted octanol–water partition coefficient (Wildman–Crippen LogP) is 3.58. The van der Waals surface area contributed by atoms with Gasteiger partial charge in [-0.1, -0.05) is 18.2 Å². The highest BCUT2D eigenvalue weighted by molar-refractivity contribution is 5.79. The number of carboxylic acids is 1. The lowest BCUT2D eigenvalue weighted by Gasteiger charge is -2.23. The Kier molecular flexibility index (Phi) is 3.53. The lowest BCUT2D eigenvalue weighted by Crippen LogP contribution is -2.15. The average Bonchev–Trinajstić information content (AvgIpc) is 2.92. The van der Waals surface area contributed by atoms with E-state index in [2.05, 4.69) is 17.0 Å². The van der Waals surface area contributed by atoms with Crippen LogP contribution in [0, 0.1) is 6.92 Å². The number of fused-ring (bicyclic) bond motifs is 1. The number of aliphatic carboxylic acids is 1. The molecule has 0 saturated carbocycles. The molecule has 1 atom stereocenters. The zero-order valence-corrected chi connectivity index (χ0v) is 12.7. The number of benzene rings is 2. The van der Waals surface area contributed by atoms with Crippen molar-refractivity contribution in [2.24, 2.45) is 0 Å². The van der Waals surface area contributed by atoms with Crippen molar-refractivity contribution in [1.82, 2.24) is 0 Å². The number of hydrogen-bond acceptors (Lipinski definition) is 3. The molecule has 0 radical (unpaired) electrons. The first-order valence-corrected chi connectivity index (χ1v) is 7.41. The lowest BCUT2D eigenvalue weighted by atomic mass is 9.97. The Morgan fingerprint density at radius 2 is 1.95 bits per heavy atom. The Morgan fingerprint density at radius 3 is 2.68 bits per heavy atom. The first kappa shape index (κ1) is 14.4. The Labute approximate surface area is 129 Å². The molecule has 1 aliphatic heterocycles. The fourth-order valence-electron chi connectivity index (χ4n) is 3.07. The van der Waals surface area contributed by atoms with Gasteiger partial charge in [0.25, 0.3) is 0 Å². The Hall–Kier alpha value is -2.49. The van der Waals surface area contributed by atoms with Crippen LogP contribution in [0.2, 0.25) is 0 Å². The van der Waals surface area contributed by atoms with E-state index in [-0.39, 0.29) is 5.75 Å². The number of carbonyl (C=O) groups is 1. The maximum absolute atomic E-state index is 11.1. The quantitative estimate of drug-likeness (QED) is 0.909. The van der Waals surface area contributed by atoms with Gasteiger partial charge < -0.3 is 15.1 Å². The molecule has 4 heteroatoms. The van der Waals surface area contributed by atoms with Crippen LogP contribution in [-0.4, -0.2) is 22.7 Å². The second kappa shape index (κ2) is 5.37. The van der Waals surface area contributed by atoms with Crippen LogP contribution in [0.25, 0.3) is 0 Å². The molecule has 2 N–H and O–H groups in total. The van der Waals surface area contributed by atoms with Gasteiger partial charge in [0, 0.05) is 29.5 Å². The van der Waals surface area contributed by atoms with E-state index < -0.39 is 11.9 Å². The number of aryl methyl sites for hydroxylation is 1. The summed E-state index contributed by atoms with van der Waals surface area (Å²) in [4.78, 5) is 13.3. The van der Waals surface area contributed by atoms with Crippen molar-refractivity contribution in [3.8, 4) is 5.75 Å². The van der Waals surface area contributed by atoms with E-state index in [4.69, 9.17) is 5.11 Å². The minimum absolute atomic E-state index is 0.0416.